The fourth-order valence-corrected chi connectivity index (χ4v) is 2.09. The lowest BCUT2D eigenvalue weighted by atomic mass is 10.1. The van der Waals surface area contributed by atoms with Crippen molar-refractivity contribution in [2.45, 2.75) is 6.92 Å². The molecule has 0 aliphatic heterocycles. The van der Waals surface area contributed by atoms with Crippen molar-refractivity contribution >= 4 is 44.8 Å². The monoisotopic (exact) mass is 330 g/mol. The lowest BCUT2D eigenvalue weighted by molar-refractivity contribution is -0.138. The Morgan fingerprint density at radius 2 is 2.22 bits per heavy atom. The second-order valence-corrected chi connectivity index (χ2v) is 4.97. The summed E-state index contributed by atoms with van der Waals surface area (Å²) in [6.45, 7) is 2.78. The lowest BCUT2D eigenvalue weighted by Gasteiger charge is -2.24. The van der Waals surface area contributed by atoms with Gasteiger partial charge < -0.3 is 15.4 Å². The van der Waals surface area contributed by atoms with Crippen LogP contribution in [0.4, 0.5) is 5.69 Å². The summed E-state index contributed by atoms with van der Waals surface area (Å²) in [7, 11) is 1.37. The number of nitrogens with zero attached hydrogens (tertiary/aromatic N) is 1. The summed E-state index contributed by atoms with van der Waals surface area (Å²) in [6.07, 6.45) is 0. The fourth-order valence-electron chi connectivity index (χ4n) is 1.57. The maximum atomic E-state index is 11.4. The van der Waals surface area contributed by atoms with Crippen molar-refractivity contribution < 1.29 is 9.53 Å². The van der Waals surface area contributed by atoms with Gasteiger partial charge in [-0.3, -0.25) is 4.79 Å². The molecule has 0 heterocycles. The summed E-state index contributed by atoms with van der Waals surface area (Å²) in [5.41, 5.74) is 7.28. The SMILES string of the molecule is CCN(CC(=O)OC)c1ccc(Br)cc1C(N)=S. The van der Waals surface area contributed by atoms with E-state index in [0.29, 0.717) is 11.5 Å². The number of esters is 1. The van der Waals surface area contributed by atoms with Crippen LogP contribution >= 0.6 is 28.1 Å². The molecule has 0 aromatic heterocycles. The number of hydrogen-bond donors (Lipinski definition) is 1. The quantitative estimate of drug-likeness (QED) is 0.661. The van der Waals surface area contributed by atoms with E-state index in [9.17, 15) is 4.79 Å². The average molecular weight is 331 g/mol. The second-order valence-electron chi connectivity index (χ2n) is 3.62. The molecule has 6 heteroatoms. The van der Waals surface area contributed by atoms with E-state index in [-0.39, 0.29) is 12.5 Å². The van der Waals surface area contributed by atoms with E-state index in [1.54, 1.807) is 0 Å². The van der Waals surface area contributed by atoms with Gasteiger partial charge in [0.25, 0.3) is 0 Å². The minimum Gasteiger partial charge on any atom is -0.468 e. The predicted octanol–water partition coefficient (Wildman–Crippen LogP) is 2.08. The molecule has 4 nitrogen and oxygen atoms in total. The zero-order valence-electron chi connectivity index (χ0n) is 10.3. The first kappa shape index (κ1) is 14.9. The summed E-state index contributed by atoms with van der Waals surface area (Å²) in [5.74, 6) is -0.298. The van der Waals surface area contributed by atoms with Gasteiger partial charge in [-0.05, 0) is 25.1 Å². The molecule has 0 bridgehead atoms. The molecule has 0 spiro atoms. The molecular weight excluding hydrogens is 316 g/mol. The van der Waals surface area contributed by atoms with E-state index in [1.165, 1.54) is 7.11 Å². The zero-order chi connectivity index (χ0) is 13.7. The average Bonchev–Trinajstić information content (AvgIpc) is 2.35. The number of hydrogen-bond acceptors (Lipinski definition) is 4. The maximum absolute atomic E-state index is 11.4. The minimum absolute atomic E-state index is 0.171. The number of carbonyl (C=O) groups is 1. The number of carbonyl (C=O) groups excluding carboxylic acids is 1. The third kappa shape index (κ3) is 3.68. The number of ether oxygens (including phenoxy) is 1. The van der Waals surface area contributed by atoms with E-state index >= 15 is 0 Å². The number of methoxy groups -OCH3 is 1. The van der Waals surface area contributed by atoms with Gasteiger partial charge in [-0.15, -0.1) is 0 Å². The van der Waals surface area contributed by atoms with Crippen LogP contribution in [0.5, 0.6) is 0 Å². The summed E-state index contributed by atoms with van der Waals surface area (Å²) < 4.78 is 5.57. The van der Waals surface area contributed by atoms with E-state index in [2.05, 4.69) is 20.7 Å². The van der Waals surface area contributed by atoms with Gasteiger partial charge in [0.15, 0.2) is 0 Å². The van der Waals surface area contributed by atoms with Crippen LogP contribution in [0.15, 0.2) is 22.7 Å². The van der Waals surface area contributed by atoms with Crippen LogP contribution in [0.2, 0.25) is 0 Å². The Bertz CT molecular complexity index is 465. The van der Waals surface area contributed by atoms with Crippen molar-refractivity contribution in [2.75, 3.05) is 25.1 Å². The summed E-state index contributed by atoms with van der Waals surface area (Å²) in [4.78, 5) is 13.5. The highest BCUT2D eigenvalue weighted by Crippen LogP contribution is 2.24. The van der Waals surface area contributed by atoms with E-state index in [4.69, 9.17) is 18.0 Å². The first-order valence-electron chi connectivity index (χ1n) is 5.40. The predicted molar refractivity (Wildman–Crippen MR) is 79.9 cm³/mol. The zero-order valence-corrected chi connectivity index (χ0v) is 12.7. The molecule has 0 fully saturated rings. The maximum Gasteiger partial charge on any atom is 0.325 e. The van der Waals surface area contributed by atoms with Crippen molar-refractivity contribution in [3.8, 4) is 0 Å². The van der Waals surface area contributed by atoms with Gasteiger partial charge in [-0.2, -0.15) is 0 Å². The Morgan fingerprint density at radius 3 is 2.72 bits per heavy atom. The molecule has 1 aromatic carbocycles. The number of benzene rings is 1. The van der Waals surface area contributed by atoms with Crippen molar-refractivity contribution in [1.29, 1.82) is 0 Å². The molecule has 98 valence electrons. The third-order valence-electron chi connectivity index (χ3n) is 2.49. The fraction of sp³-hybridized carbons (Fsp3) is 0.333. The van der Waals surface area contributed by atoms with E-state index in [0.717, 1.165) is 15.7 Å². The third-order valence-corrected chi connectivity index (χ3v) is 3.21. The van der Waals surface area contributed by atoms with Crippen molar-refractivity contribution in [2.24, 2.45) is 5.73 Å². The molecule has 0 radical (unpaired) electrons. The highest BCUT2D eigenvalue weighted by molar-refractivity contribution is 9.10. The summed E-state index contributed by atoms with van der Waals surface area (Å²) in [6, 6.07) is 5.61. The Morgan fingerprint density at radius 1 is 1.56 bits per heavy atom. The van der Waals surface area contributed by atoms with Gasteiger partial charge in [0.05, 0.1) is 7.11 Å². The molecule has 0 atom stereocenters. The van der Waals surface area contributed by atoms with Crippen LogP contribution in [0.25, 0.3) is 0 Å². The molecular formula is C12H15BrN2O2S. The van der Waals surface area contributed by atoms with Gasteiger partial charge in [-0.25, -0.2) is 0 Å². The van der Waals surface area contributed by atoms with Gasteiger partial charge in [0.2, 0.25) is 0 Å². The molecule has 0 saturated heterocycles. The second kappa shape index (κ2) is 6.70. The Labute approximate surface area is 120 Å². The van der Waals surface area contributed by atoms with Crippen LogP contribution < -0.4 is 10.6 Å². The molecule has 2 N–H and O–H groups in total. The lowest BCUT2D eigenvalue weighted by Crippen LogP contribution is -2.32. The normalized spacial score (nSPS) is 9.94. The van der Waals surface area contributed by atoms with Crippen LogP contribution in [0.3, 0.4) is 0 Å². The van der Waals surface area contributed by atoms with Crippen molar-refractivity contribution in [1.82, 2.24) is 0 Å². The van der Waals surface area contributed by atoms with E-state index in [1.807, 2.05) is 30.0 Å². The first-order valence-corrected chi connectivity index (χ1v) is 6.60. The molecule has 1 rings (SSSR count). The van der Waals surface area contributed by atoms with Crippen LogP contribution in [0.1, 0.15) is 12.5 Å². The van der Waals surface area contributed by atoms with Gasteiger partial charge in [0, 0.05) is 22.3 Å². The Balaban J connectivity index is 3.12. The number of halogens is 1. The smallest absolute Gasteiger partial charge is 0.325 e. The largest absolute Gasteiger partial charge is 0.468 e. The Hall–Kier alpha value is -1.14. The van der Waals surface area contributed by atoms with E-state index < -0.39 is 0 Å². The number of likely N-dealkylation sites (N-methyl/N-ethyl adjacent to an activating group) is 1. The topological polar surface area (TPSA) is 55.6 Å². The molecule has 0 amide bonds. The highest BCUT2D eigenvalue weighted by Gasteiger charge is 2.15. The number of thiocarbonyl (C=S) groups is 1. The van der Waals surface area contributed by atoms with Crippen molar-refractivity contribution in [3.05, 3.63) is 28.2 Å². The number of nitrogens with two attached hydrogens (primary N) is 1. The molecule has 0 unspecified atom stereocenters. The number of rotatable bonds is 5. The Kier molecular flexibility index (Phi) is 5.55. The van der Waals surface area contributed by atoms with Crippen LogP contribution in [-0.4, -0.2) is 31.2 Å². The summed E-state index contributed by atoms with van der Waals surface area (Å²) >= 11 is 8.41. The molecule has 0 aliphatic rings. The highest BCUT2D eigenvalue weighted by atomic mass is 79.9. The molecule has 18 heavy (non-hydrogen) atoms. The van der Waals surface area contributed by atoms with Crippen molar-refractivity contribution in [3.63, 3.8) is 0 Å². The van der Waals surface area contributed by atoms with Gasteiger partial charge in [-0.1, -0.05) is 28.1 Å². The van der Waals surface area contributed by atoms with Gasteiger partial charge in [0.1, 0.15) is 11.5 Å². The summed E-state index contributed by atoms with van der Waals surface area (Å²) in [5, 5.41) is 0. The minimum atomic E-state index is -0.298. The first-order chi connectivity index (χ1) is 8.49. The standard InChI is InChI=1S/C12H15BrN2O2S/c1-3-15(7-11(16)17-2)10-5-4-8(13)6-9(10)12(14)18/h4-6H,3,7H2,1-2H3,(H2,14,18). The molecule has 1 aromatic rings. The number of anilines is 1. The van der Waals surface area contributed by atoms with Gasteiger partial charge >= 0.3 is 5.97 Å². The van der Waals surface area contributed by atoms with Crippen LogP contribution in [-0.2, 0) is 9.53 Å². The molecule has 0 aliphatic carbocycles. The van der Waals surface area contributed by atoms with Crippen LogP contribution in [0, 0.1) is 0 Å². The molecule has 0 saturated carbocycles.